The molecule has 0 saturated carbocycles. The van der Waals surface area contributed by atoms with Gasteiger partial charge in [0.1, 0.15) is 0 Å². The van der Waals surface area contributed by atoms with E-state index in [2.05, 4.69) is 150 Å². The summed E-state index contributed by atoms with van der Waals surface area (Å²) in [5.41, 5.74) is 6.67. The molecule has 226 valence electrons. The fourth-order valence-electron chi connectivity index (χ4n) is 5.52. The Balaban J connectivity index is 1.94. The molecule has 4 rings (SSSR count). The predicted molar refractivity (Wildman–Crippen MR) is 185 cm³/mol. The highest BCUT2D eigenvalue weighted by Crippen LogP contribution is 2.44. The molecular weight excluding hydrogens is 545 g/mol. The Morgan fingerprint density at radius 3 is 1.40 bits per heavy atom. The second-order valence-electron chi connectivity index (χ2n) is 15.9. The van der Waals surface area contributed by atoms with Crippen LogP contribution in [0.2, 0.25) is 0 Å². The Labute approximate surface area is 263 Å². The second-order valence-corrected chi connectivity index (χ2v) is 17.0. The van der Waals surface area contributed by atoms with Gasteiger partial charge in [0.05, 0.1) is 0 Å². The number of ketones is 2. The molecule has 2 aliphatic rings. The van der Waals surface area contributed by atoms with Crippen LogP contribution in [0, 0.1) is 21.7 Å². The highest BCUT2D eigenvalue weighted by molar-refractivity contribution is 7.14. The smallest absolute Gasteiger partial charge is 0.186 e. The third-order valence-electron chi connectivity index (χ3n) is 7.97. The first kappa shape index (κ1) is 32.6. The van der Waals surface area contributed by atoms with Gasteiger partial charge in [-0.05, 0) is 80.9 Å². The lowest BCUT2D eigenvalue weighted by atomic mass is 9.71. The monoisotopic (exact) mass is 592 g/mol. The molecule has 0 unspecified atom stereocenters. The molecule has 0 N–H and O–H groups in total. The van der Waals surface area contributed by atoms with Crippen molar-refractivity contribution in [3.63, 3.8) is 0 Å². The Morgan fingerprint density at radius 1 is 0.558 bits per heavy atom. The summed E-state index contributed by atoms with van der Waals surface area (Å²) in [5.74, 6) is 0.289. The van der Waals surface area contributed by atoms with Gasteiger partial charge in [0, 0.05) is 37.6 Å². The first-order valence-corrected chi connectivity index (χ1v) is 16.1. The number of allylic oxidation sites excluding steroid dienone is 10. The highest BCUT2D eigenvalue weighted by atomic mass is 32.1. The summed E-state index contributed by atoms with van der Waals surface area (Å²) in [6.07, 6.45) is 10.6. The van der Waals surface area contributed by atoms with Crippen molar-refractivity contribution in [1.82, 2.24) is 0 Å². The molecule has 0 radical (unpaired) electrons. The first-order chi connectivity index (χ1) is 19.7. The van der Waals surface area contributed by atoms with Gasteiger partial charge < -0.3 is 0 Å². The van der Waals surface area contributed by atoms with E-state index in [4.69, 9.17) is 0 Å². The second kappa shape index (κ2) is 11.3. The van der Waals surface area contributed by atoms with E-state index in [1.807, 2.05) is 6.07 Å². The van der Waals surface area contributed by atoms with E-state index in [0.717, 1.165) is 54.3 Å². The standard InChI is InChI=1S/C40H48O2S/c1-37(2,3)29-21-25(22-30(35(29)41)38(4,5)6)20-28-18-19-33(43-28)34(26-16-14-13-15-17-26)27-23-31(39(7,8)9)36(42)32(24-27)40(10,11)12/h13-24H,1-12H3. The van der Waals surface area contributed by atoms with Crippen molar-refractivity contribution in [2.75, 3.05) is 0 Å². The first-order valence-electron chi connectivity index (χ1n) is 15.3. The quantitative estimate of drug-likeness (QED) is 0.355. The van der Waals surface area contributed by atoms with Crippen LogP contribution in [-0.2, 0) is 9.59 Å². The molecule has 0 fully saturated rings. The summed E-state index contributed by atoms with van der Waals surface area (Å²) in [6.45, 7) is 25.3. The van der Waals surface area contributed by atoms with Gasteiger partial charge in [0.25, 0.3) is 0 Å². The maximum atomic E-state index is 13.7. The summed E-state index contributed by atoms with van der Waals surface area (Å²) < 4.78 is 0. The lowest BCUT2D eigenvalue weighted by molar-refractivity contribution is -0.114. The van der Waals surface area contributed by atoms with Gasteiger partial charge in [-0.2, -0.15) is 0 Å². The van der Waals surface area contributed by atoms with E-state index < -0.39 is 0 Å². The van der Waals surface area contributed by atoms with E-state index in [9.17, 15) is 9.59 Å². The summed E-state index contributed by atoms with van der Waals surface area (Å²) in [7, 11) is 0. The minimum absolute atomic E-state index is 0.141. The maximum Gasteiger partial charge on any atom is 0.186 e. The number of thiophene rings is 1. The molecule has 3 heteroatoms. The maximum absolute atomic E-state index is 13.7. The van der Waals surface area contributed by atoms with Crippen LogP contribution in [0.1, 0.15) is 98.4 Å². The van der Waals surface area contributed by atoms with Crippen molar-refractivity contribution in [2.24, 2.45) is 21.7 Å². The van der Waals surface area contributed by atoms with Crippen molar-refractivity contribution in [1.29, 1.82) is 0 Å². The molecule has 43 heavy (non-hydrogen) atoms. The number of carbonyl (C=O) groups is 2. The summed E-state index contributed by atoms with van der Waals surface area (Å²) in [4.78, 5) is 29.4. The van der Waals surface area contributed by atoms with E-state index in [-0.39, 0.29) is 33.2 Å². The van der Waals surface area contributed by atoms with Gasteiger partial charge in [-0.3, -0.25) is 9.59 Å². The lowest BCUT2D eigenvalue weighted by Gasteiger charge is -2.32. The fourth-order valence-corrected chi connectivity index (χ4v) is 6.58. The molecule has 0 atom stereocenters. The average Bonchev–Trinajstić information content (AvgIpc) is 3.31. The van der Waals surface area contributed by atoms with Gasteiger partial charge in [-0.25, -0.2) is 0 Å². The summed E-state index contributed by atoms with van der Waals surface area (Å²) in [6, 6.07) is 14.8. The molecule has 0 spiro atoms. The number of benzene rings is 1. The molecule has 2 aromatic rings. The van der Waals surface area contributed by atoms with E-state index in [1.54, 1.807) is 11.3 Å². The molecule has 1 aromatic heterocycles. The molecule has 1 heterocycles. The number of rotatable bonds is 3. The normalized spacial score (nSPS) is 16.9. The van der Waals surface area contributed by atoms with Crippen molar-refractivity contribution in [3.05, 3.63) is 116 Å². The van der Waals surface area contributed by atoms with Crippen molar-refractivity contribution < 1.29 is 9.59 Å². The van der Waals surface area contributed by atoms with Crippen molar-refractivity contribution in [3.8, 4) is 0 Å². The zero-order valence-electron chi connectivity index (χ0n) is 28.2. The van der Waals surface area contributed by atoms with Crippen molar-refractivity contribution in [2.45, 2.75) is 83.1 Å². The number of Topliss-reactive ketones (excluding diaryl/α,β-unsaturated/α-hetero) is 2. The molecule has 2 aliphatic carbocycles. The van der Waals surface area contributed by atoms with E-state index in [0.29, 0.717) is 0 Å². The highest BCUT2D eigenvalue weighted by Gasteiger charge is 2.36. The molecule has 1 aromatic carbocycles. The van der Waals surface area contributed by atoms with Crippen LogP contribution in [0.5, 0.6) is 0 Å². The Bertz CT molecular complexity index is 1560. The molecular formula is C40H48O2S. The molecule has 0 saturated heterocycles. The van der Waals surface area contributed by atoms with Crippen LogP contribution in [0.3, 0.4) is 0 Å². The lowest BCUT2D eigenvalue weighted by Crippen LogP contribution is -2.28. The van der Waals surface area contributed by atoms with Gasteiger partial charge in [0.15, 0.2) is 11.6 Å². The summed E-state index contributed by atoms with van der Waals surface area (Å²) in [5, 5.41) is 0. The van der Waals surface area contributed by atoms with Gasteiger partial charge in [-0.15, -0.1) is 11.3 Å². The number of carbonyl (C=O) groups excluding carboxylic acids is 2. The zero-order valence-corrected chi connectivity index (χ0v) is 29.0. The minimum Gasteiger partial charge on any atom is -0.289 e. The fraction of sp³-hybridized carbons (Fsp3) is 0.400. The third-order valence-corrected chi connectivity index (χ3v) is 9.02. The van der Waals surface area contributed by atoms with Crippen LogP contribution < -0.4 is 0 Å². The molecule has 0 aliphatic heterocycles. The zero-order chi connectivity index (χ0) is 32.1. The van der Waals surface area contributed by atoms with Gasteiger partial charge >= 0.3 is 0 Å². The van der Waals surface area contributed by atoms with Crippen LogP contribution >= 0.6 is 11.3 Å². The largest absolute Gasteiger partial charge is 0.289 e. The molecule has 2 nitrogen and oxygen atoms in total. The number of hydrogen-bond acceptors (Lipinski definition) is 3. The Morgan fingerprint density at radius 2 is 0.977 bits per heavy atom. The topological polar surface area (TPSA) is 34.1 Å². The average molecular weight is 593 g/mol. The van der Waals surface area contributed by atoms with Crippen LogP contribution in [0.15, 0.2) is 100 Å². The summed E-state index contributed by atoms with van der Waals surface area (Å²) >= 11 is 1.74. The Kier molecular flexibility index (Phi) is 8.59. The SMILES string of the molecule is CC(C)(C)C1=CC(=Cc2ccc(C(=C3C=C(C(C)(C)C)C(=O)C(C(C)(C)C)=C3)c3ccccc3)s2)C=C(C(C)(C)C)C1=O. The molecule has 0 amide bonds. The predicted octanol–water partition coefficient (Wildman–Crippen LogP) is 11.0. The van der Waals surface area contributed by atoms with Gasteiger partial charge in [0.2, 0.25) is 0 Å². The third kappa shape index (κ3) is 7.10. The van der Waals surface area contributed by atoms with Gasteiger partial charge in [-0.1, -0.05) is 113 Å². The minimum atomic E-state index is -0.285. The number of hydrogen-bond donors (Lipinski definition) is 0. The molecule has 0 bridgehead atoms. The Hall–Kier alpha value is -3.30. The van der Waals surface area contributed by atoms with Crippen molar-refractivity contribution >= 4 is 34.6 Å². The van der Waals surface area contributed by atoms with Crippen LogP contribution in [0.4, 0.5) is 0 Å². The van der Waals surface area contributed by atoms with Crippen LogP contribution in [-0.4, -0.2) is 11.6 Å². The van der Waals surface area contributed by atoms with E-state index >= 15 is 0 Å². The van der Waals surface area contributed by atoms with Crippen LogP contribution in [0.25, 0.3) is 11.6 Å². The van der Waals surface area contributed by atoms with E-state index in [1.165, 1.54) is 0 Å².